The molecule has 3 nitrogen and oxygen atoms in total. The van der Waals surface area contributed by atoms with Gasteiger partial charge < -0.3 is 4.74 Å². The second kappa shape index (κ2) is 5.14. The molecule has 2 unspecified atom stereocenters. The van der Waals surface area contributed by atoms with Gasteiger partial charge in [0.2, 0.25) is 0 Å². The molecule has 0 saturated carbocycles. The third kappa shape index (κ3) is 2.54. The Morgan fingerprint density at radius 3 is 2.42 bits per heavy atom. The third-order valence-corrected chi connectivity index (χ3v) is 4.18. The Kier molecular flexibility index (Phi) is 3.35. The molecule has 0 aromatic heterocycles. The summed E-state index contributed by atoms with van der Waals surface area (Å²) in [5.74, 6) is 0.358. The quantitative estimate of drug-likeness (QED) is 0.780. The molecular weight excluding hydrogens is 238 g/mol. The molecule has 2 fully saturated rings. The normalized spacial score (nSPS) is 28.9. The third-order valence-electron chi connectivity index (χ3n) is 4.18. The van der Waals surface area contributed by atoms with Gasteiger partial charge >= 0.3 is 0 Å². The maximum absolute atomic E-state index is 12.5. The number of ketones is 1. The van der Waals surface area contributed by atoms with E-state index < -0.39 is 0 Å². The summed E-state index contributed by atoms with van der Waals surface area (Å²) in [7, 11) is 0. The van der Waals surface area contributed by atoms with Crippen LogP contribution in [0.2, 0.25) is 0 Å². The van der Waals surface area contributed by atoms with Gasteiger partial charge in [-0.25, -0.2) is 0 Å². The average Bonchev–Trinajstić information content (AvgIpc) is 2.78. The van der Waals surface area contributed by atoms with Gasteiger partial charge in [-0.1, -0.05) is 24.3 Å². The number of nitriles is 1. The van der Waals surface area contributed by atoms with E-state index in [1.165, 1.54) is 0 Å². The van der Waals surface area contributed by atoms with E-state index in [-0.39, 0.29) is 11.7 Å². The van der Waals surface area contributed by atoms with E-state index in [9.17, 15) is 4.79 Å². The highest BCUT2D eigenvalue weighted by molar-refractivity contribution is 5.98. The number of ether oxygens (including phenoxy) is 1. The standard InChI is InChI=1S/C16H17NO2/c17-8-7-11-1-3-12(4-2-11)16(18)13-9-14-5-6-15(10-13)19-14/h1-4,13-15H,5-7,9-10H2. The number of hydrogen-bond donors (Lipinski definition) is 0. The second-order valence-corrected chi connectivity index (χ2v) is 5.52. The van der Waals surface area contributed by atoms with Crippen molar-refractivity contribution in [2.45, 2.75) is 44.3 Å². The molecule has 2 bridgehead atoms. The summed E-state index contributed by atoms with van der Waals surface area (Å²) in [6.45, 7) is 0. The Labute approximate surface area is 113 Å². The van der Waals surface area contributed by atoms with Gasteiger partial charge in [0.05, 0.1) is 24.7 Å². The van der Waals surface area contributed by atoms with Crippen LogP contribution in [-0.4, -0.2) is 18.0 Å². The fraction of sp³-hybridized carbons (Fsp3) is 0.500. The fourth-order valence-electron chi connectivity index (χ4n) is 3.19. The first-order chi connectivity index (χ1) is 9.26. The number of rotatable bonds is 3. The molecule has 3 heteroatoms. The highest BCUT2D eigenvalue weighted by atomic mass is 16.5. The first-order valence-electron chi connectivity index (χ1n) is 6.92. The Balaban J connectivity index is 1.71. The van der Waals surface area contributed by atoms with Crippen molar-refractivity contribution >= 4 is 5.78 Å². The zero-order chi connectivity index (χ0) is 13.2. The number of carbonyl (C=O) groups excluding carboxylic acids is 1. The fourth-order valence-corrected chi connectivity index (χ4v) is 3.19. The molecule has 0 N–H and O–H groups in total. The van der Waals surface area contributed by atoms with E-state index in [0.717, 1.165) is 36.8 Å². The molecule has 1 aromatic rings. The summed E-state index contributed by atoms with van der Waals surface area (Å²) in [5.41, 5.74) is 1.74. The molecule has 0 aliphatic carbocycles. The van der Waals surface area contributed by atoms with E-state index in [1.54, 1.807) is 0 Å². The minimum Gasteiger partial charge on any atom is -0.375 e. The van der Waals surface area contributed by atoms with Crippen LogP contribution in [0.1, 0.15) is 41.6 Å². The Bertz CT molecular complexity index is 503. The Hall–Kier alpha value is -1.66. The zero-order valence-corrected chi connectivity index (χ0v) is 10.8. The number of benzene rings is 1. The van der Waals surface area contributed by atoms with Crippen LogP contribution in [0.5, 0.6) is 0 Å². The van der Waals surface area contributed by atoms with Crippen molar-refractivity contribution in [3.8, 4) is 6.07 Å². The molecule has 0 radical (unpaired) electrons. The van der Waals surface area contributed by atoms with E-state index >= 15 is 0 Å². The molecule has 2 atom stereocenters. The summed E-state index contributed by atoms with van der Waals surface area (Å²) in [6.07, 6.45) is 4.95. The summed E-state index contributed by atoms with van der Waals surface area (Å²) in [6, 6.07) is 9.58. The maximum atomic E-state index is 12.5. The van der Waals surface area contributed by atoms with Gasteiger partial charge in [0.25, 0.3) is 0 Å². The van der Waals surface area contributed by atoms with E-state index in [1.807, 2.05) is 24.3 Å². The topological polar surface area (TPSA) is 50.1 Å². The SMILES string of the molecule is N#CCc1ccc(C(=O)C2CC3CCC(C2)O3)cc1. The van der Waals surface area contributed by atoms with Crippen molar-refractivity contribution in [2.75, 3.05) is 0 Å². The number of carbonyl (C=O) groups is 1. The summed E-state index contributed by atoms with van der Waals surface area (Å²) in [4.78, 5) is 12.5. The van der Waals surface area contributed by atoms with Gasteiger partial charge in [-0.2, -0.15) is 5.26 Å². The lowest BCUT2D eigenvalue weighted by Gasteiger charge is -2.27. The minimum atomic E-state index is 0.119. The molecule has 2 heterocycles. The summed E-state index contributed by atoms with van der Waals surface area (Å²) >= 11 is 0. The molecule has 2 saturated heterocycles. The average molecular weight is 255 g/mol. The van der Waals surface area contributed by atoms with Crippen molar-refractivity contribution in [3.63, 3.8) is 0 Å². The van der Waals surface area contributed by atoms with Crippen LogP contribution < -0.4 is 0 Å². The molecule has 2 aliphatic rings. The van der Waals surface area contributed by atoms with Crippen molar-refractivity contribution in [2.24, 2.45) is 5.92 Å². The molecule has 98 valence electrons. The zero-order valence-electron chi connectivity index (χ0n) is 10.8. The number of Topliss-reactive ketones (excluding diaryl/α,β-unsaturated/α-hetero) is 1. The molecule has 19 heavy (non-hydrogen) atoms. The Morgan fingerprint density at radius 2 is 1.84 bits per heavy atom. The monoisotopic (exact) mass is 255 g/mol. The van der Waals surface area contributed by atoms with E-state index in [2.05, 4.69) is 6.07 Å². The molecule has 3 rings (SSSR count). The van der Waals surface area contributed by atoms with Crippen LogP contribution >= 0.6 is 0 Å². The molecule has 2 aliphatic heterocycles. The largest absolute Gasteiger partial charge is 0.375 e. The summed E-state index contributed by atoms with van der Waals surface area (Å²) < 4.78 is 5.78. The molecular formula is C16H17NO2. The number of nitrogens with zero attached hydrogens (tertiary/aromatic N) is 1. The van der Waals surface area contributed by atoms with Crippen LogP contribution in [-0.2, 0) is 11.2 Å². The highest BCUT2D eigenvalue weighted by Gasteiger charge is 2.38. The minimum absolute atomic E-state index is 0.119. The van der Waals surface area contributed by atoms with Gasteiger partial charge in [0, 0.05) is 11.5 Å². The maximum Gasteiger partial charge on any atom is 0.166 e. The molecule has 0 spiro atoms. The van der Waals surface area contributed by atoms with Crippen LogP contribution in [0.15, 0.2) is 24.3 Å². The summed E-state index contributed by atoms with van der Waals surface area (Å²) in [5, 5.41) is 8.64. The predicted molar refractivity (Wildman–Crippen MR) is 70.7 cm³/mol. The van der Waals surface area contributed by atoms with Gasteiger partial charge in [0.1, 0.15) is 0 Å². The number of hydrogen-bond acceptors (Lipinski definition) is 3. The second-order valence-electron chi connectivity index (χ2n) is 5.52. The van der Waals surface area contributed by atoms with Crippen LogP contribution in [0.25, 0.3) is 0 Å². The lowest BCUT2D eigenvalue weighted by molar-refractivity contribution is -0.0149. The van der Waals surface area contributed by atoms with Crippen LogP contribution in [0.3, 0.4) is 0 Å². The molecule has 1 aromatic carbocycles. The lowest BCUT2D eigenvalue weighted by Crippen LogP contribution is -2.30. The van der Waals surface area contributed by atoms with Gasteiger partial charge in [-0.3, -0.25) is 4.79 Å². The van der Waals surface area contributed by atoms with Crippen molar-refractivity contribution in [1.82, 2.24) is 0 Å². The van der Waals surface area contributed by atoms with E-state index in [4.69, 9.17) is 10.00 Å². The van der Waals surface area contributed by atoms with E-state index in [0.29, 0.717) is 18.6 Å². The highest BCUT2D eigenvalue weighted by Crippen LogP contribution is 2.37. The van der Waals surface area contributed by atoms with Crippen LogP contribution in [0.4, 0.5) is 0 Å². The first kappa shape index (κ1) is 12.4. The van der Waals surface area contributed by atoms with Crippen molar-refractivity contribution in [3.05, 3.63) is 35.4 Å². The first-order valence-corrected chi connectivity index (χ1v) is 6.92. The van der Waals surface area contributed by atoms with Crippen LogP contribution in [0, 0.1) is 17.2 Å². The van der Waals surface area contributed by atoms with Crippen molar-refractivity contribution in [1.29, 1.82) is 5.26 Å². The Morgan fingerprint density at radius 1 is 1.21 bits per heavy atom. The van der Waals surface area contributed by atoms with Gasteiger partial charge in [-0.15, -0.1) is 0 Å². The molecule has 0 amide bonds. The number of fused-ring (bicyclic) bond motifs is 2. The van der Waals surface area contributed by atoms with Gasteiger partial charge in [-0.05, 0) is 31.2 Å². The predicted octanol–water partition coefficient (Wildman–Crippen LogP) is 2.89. The smallest absolute Gasteiger partial charge is 0.166 e. The lowest BCUT2D eigenvalue weighted by atomic mass is 9.87. The van der Waals surface area contributed by atoms with Gasteiger partial charge in [0.15, 0.2) is 5.78 Å². The van der Waals surface area contributed by atoms with Crippen molar-refractivity contribution < 1.29 is 9.53 Å².